The van der Waals surface area contributed by atoms with Crippen molar-refractivity contribution in [2.45, 2.75) is 20.0 Å². The Hall–Kier alpha value is -0.810. The van der Waals surface area contributed by atoms with E-state index in [9.17, 15) is 0 Å². The first-order chi connectivity index (χ1) is 3.72. The molecule has 0 aromatic rings. The minimum Gasteiger partial charge on any atom is -0.388 e. The van der Waals surface area contributed by atoms with Gasteiger partial charge in [0.2, 0.25) is 0 Å². The predicted molar refractivity (Wildman–Crippen MR) is 31.1 cm³/mol. The first kappa shape index (κ1) is 7.19. The second-order valence-electron chi connectivity index (χ2n) is 1.53. The summed E-state index contributed by atoms with van der Waals surface area (Å²) in [6.07, 6.45) is 0.981. The molecule has 0 bridgehead atoms. The molecule has 0 heterocycles. The minimum absolute atomic E-state index is 0.421. The zero-order valence-corrected chi connectivity index (χ0v) is 5.05. The second-order valence-corrected chi connectivity index (χ2v) is 1.53. The van der Waals surface area contributed by atoms with Crippen LogP contribution >= 0.6 is 0 Å². The van der Waals surface area contributed by atoms with Crippen molar-refractivity contribution in [1.82, 2.24) is 0 Å². The van der Waals surface area contributed by atoms with Gasteiger partial charge in [0, 0.05) is 0 Å². The molecule has 2 heteroatoms. The topological polar surface area (TPSA) is 44.0 Å². The summed E-state index contributed by atoms with van der Waals surface area (Å²) in [5.74, 6) is 0. The van der Waals surface area contributed by atoms with Crippen molar-refractivity contribution in [2.24, 2.45) is 0 Å². The Labute approximate surface area is 49.1 Å². The molecule has 0 aromatic carbocycles. The molecule has 2 nitrogen and oxygen atoms in total. The quantitative estimate of drug-likeness (QED) is 0.509. The van der Waals surface area contributed by atoms with Crippen LogP contribution in [0.4, 0.5) is 0 Å². The third kappa shape index (κ3) is 1.76. The molecule has 8 heavy (non-hydrogen) atoms. The van der Waals surface area contributed by atoms with Crippen LogP contribution in [0.25, 0.3) is 0 Å². The van der Waals surface area contributed by atoms with Crippen LogP contribution in [0.3, 0.4) is 0 Å². The van der Waals surface area contributed by atoms with Gasteiger partial charge in [-0.25, -0.2) is 0 Å². The maximum Gasteiger partial charge on any atom is 0.0971 e. The van der Waals surface area contributed by atoms with Crippen LogP contribution in [-0.2, 0) is 0 Å². The Morgan fingerprint density at radius 1 is 1.88 bits per heavy atom. The standard InChI is InChI=1S/C6H9NO/c1-3-6(4-7)5(2)8/h3,5,8H,1-2H3. The molecule has 0 rings (SSSR count). The Morgan fingerprint density at radius 2 is 2.38 bits per heavy atom. The Bertz CT molecular complexity index is 130. The van der Waals surface area contributed by atoms with E-state index in [1.807, 2.05) is 6.07 Å². The lowest BCUT2D eigenvalue weighted by molar-refractivity contribution is 0.236. The van der Waals surface area contributed by atoms with E-state index in [1.165, 1.54) is 0 Å². The predicted octanol–water partition coefficient (Wildman–Crippen LogP) is 0.837. The molecule has 1 N–H and O–H groups in total. The summed E-state index contributed by atoms with van der Waals surface area (Å²) in [7, 11) is 0. The highest BCUT2D eigenvalue weighted by Gasteiger charge is 1.98. The summed E-state index contributed by atoms with van der Waals surface area (Å²) in [6, 6.07) is 1.86. The molecule has 0 radical (unpaired) electrons. The van der Waals surface area contributed by atoms with Gasteiger partial charge in [0.15, 0.2) is 0 Å². The summed E-state index contributed by atoms with van der Waals surface area (Å²) in [4.78, 5) is 0. The van der Waals surface area contributed by atoms with Crippen molar-refractivity contribution < 1.29 is 5.11 Å². The average Bonchev–Trinajstić information content (AvgIpc) is 1.69. The van der Waals surface area contributed by atoms with Crippen LogP contribution < -0.4 is 0 Å². The highest BCUT2D eigenvalue weighted by Crippen LogP contribution is 1.97. The van der Waals surface area contributed by atoms with Crippen molar-refractivity contribution in [1.29, 1.82) is 5.26 Å². The molecule has 0 saturated heterocycles. The van der Waals surface area contributed by atoms with E-state index < -0.39 is 6.10 Å². The van der Waals surface area contributed by atoms with Gasteiger partial charge in [-0.15, -0.1) is 0 Å². The number of hydrogen-bond donors (Lipinski definition) is 1. The molecule has 44 valence electrons. The molecule has 0 spiro atoms. The molecular formula is C6H9NO. The summed E-state index contributed by atoms with van der Waals surface area (Å²) in [5.41, 5.74) is 0.421. The minimum atomic E-state index is -0.620. The van der Waals surface area contributed by atoms with Gasteiger partial charge >= 0.3 is 0 Å². The van der Waals surface area contributed by atoms with Gasteiger partial charge in [-0.1, -0.05) is 6.08 Å². The first-order valence-electron chi connectivity index (χ1n) is 2.46. The van der Waals surface area contributed by atoms with Gasteiger partial charge in [0.25, 0.3) is 0 Å². The van der Waals surface area contributed by atoms with Crippen molar-refractivity contribution in [3.05, 3.63) is 11.6 Å². The van der Waals surface area contributed by atoms with Crippen molar-refractivity contribution in [3.8, 4) is 6.07 Å². The monoisotopic (exact) mass is 111 g/mol. The maximum atomic E-state index is 8.72. The number of hydrogen-bond acceptors (Lipinski definition) is 2. The summed E-state index contributed by atoms with van der Waals surface area (Å²) >= 11 is 0. The van der Waals surface area contributed by atoms with Gasteiger partial charge in [-0.05, 0) is 13.8 Å². The van der Waals surface area contributed by atoms with Crippen LogP contribution in [0.2, 0.25) is 0 Å². The maximum absolute atomic E-state index is 8.72. The lowest BCUT2D eigenvalue weighted by atomic mass is 10.2. The molecule has 0 aromatic heterocycles. The summed E-state index contributed by atoms with van der Waals surface area (Å²) < 4.78 is 0. The number of rotatable bonds is 1. The number of aliphatic hydroxyl groups is 1. The number of nitriles is 1. The third-order valence-corrected chi connectivity index (χ3v) is 0.890. The van der Waals surface area contributed by atoms with Gasteiger partial charge in [0.1, 0.15) is 0 Å². The molecule has 0 amide bonds. The van der Waals surface area contributed by atoms with Gasteiger partial charge in [-0.2, -0.15) is 5.26 Å². The molecular weight excluding hydrogens is 102 g/mol. The van der Waals surface area contributed by atoms with E-state index in [4.69, 9.17) is 10.4 Å². The third-order valence-electron chi connectivity index (χ3n) is 0.890. The van der Waals surface area contributed by atoms with Crippen LogP contribution in [0, 0.1) is 11.3 Å². The largest absolute Gasteiger partial charge is 0.388 e. The molecule has 0 saturated carbocycles. The lowest BCUT2D eigenvalue weighted by Crippen LogP contribution is -2.01. The van der Waals surface area contributed by atoms with Crippen molar-refractivity contribution in [3.63, 3.8) is 0 Å². The van der Waals surface area contributed by atoms with Crippen LogP contribution in [-0.4, -0.2) is 11.2 Å². The van der Waals surface area contributed by atoms with E-state index >= 15 is 0 Å². The summed E-state index contributed by atoms with van der Waals surface area (Å²) in [5, 5.41) is 16.9. The highest BCUT2D eigenvalue weighted by atomic mass is 16.3. The fraction of sp³-hybridized carbons (Fsp3) is 0.500. The van der Waals surface area contributed by atoms with E-state index in [1.54, 1.807) is 19.9 Å². The molecule has 0 aliphatic heterocycles. The number of nitrogens with zero attached hydrogens (tertiary/aromatic N) is 1. The Kier molecular flexibility index (Phi) is 2.90. The van der Waals surface area contributed by atoms with Crippen LogP contribution in [0.1, 0.15) is 13.8 Å². The summed E-state index contributed by atoms with van der Waals surface area (Å²) in [6.45, 7) is 3.30. The fourth-order valence-corrected chi connectivity index (χ4v) is 0.399. The SMILES string of the molecule is CC=C(C#N)C(C)O. The van der Waals surface area contributed by atoms with Crippen LogP contribution in [0.5, 0.6) is 0 Å². The highest BCUT2D eigenvalue weighted by molar-refractivity contribution is 5.22. The zero-order chi connectivity index (χ0) is 6.57. The van der Waals surface area contributed by atoms with Crippen LogP contribution in [0.15, 0.2) is 11.6 Å². The van der Waals surface area contributed by atoms with Gasteiger partial charge < -0.3 is 5.11 Å². The van der Waals surface area contributed by atoms with Gasteiger partial charge in [-0.3, -0.25) is 0 Å². The average molecular weight is 111 g/mol. The first-order valence-corrected chi connectivity index (χ1v) is 2.46. The Morgan fingerprint density at radius 3 is 2.38 bits per heavy atom. The molecule has 0 aliphatic rings. The molecule has 1 atom stereocenters. The molecule has 0 fully saturated rings. The van der Waals surface area contributed by atoms with E-state index in [0.29, 0.717) is 5.57 Å². The molecule has 1 unspecified atom stereocenters. The number of allylic oxidation sites excluding steroid dienone is 1. The van der Waals surface area contributed by atoms with E-state index in [-0.39, 0.29) is 0 Å². The Balaban J connectivity index is 3.98. The van der Waals surface area contributed by atoms with Crippen molar-refractivity contribution >= 4 is 0 Å². The molecule has 0 aliphatic carbocycles. The van der Waals surface area contributed by atoms with E-state index in [2.05, 4.69) is 0 Å². The second kappa shape index (κ2) is 3.23. The fourth-order valence-electron chi connectivity index (χ4n) is 0.399. The zero-order valence-electron chi connectivity index (χ0n) is 5.05. The number of aliphatic hydroxyl groups excluding tert-OH is 1. The van der Waals surface area contributed by atoms with Crippen molar-refractivity contribution in [2.75, 3.05) is 0 Å². The van der Waals surface area contributed by atoms with E-state index in [0.717, 1.165) is 0 Å². The smallest absolute Gasteiger partial charge is 0.0971 e. The lowest BCUT2D eigenvalue weighted by Gasteiger charge is -1.96. The normalized spacial score (nSPS) is 15.0. The van der Waals surface area contributed by atoms with Gasteiger partial charge in [0.05, 0.1) is 17.7 Å².